The molecule has 5 rings (SSSR count). The molecule has 0 bridgehead atoms. The number of benzene rings is 3. The fourth-order valence-corrected chi connectivity index (χ4v) is 4.63. The molecule has 4 N–H and O–H groups in total. The summed E-state index contributed by atoms with van der Waals surface area (Å²) in [5.41, 5.74) is -0.225. The third kappa shape index (κ3) is 3.39. The summed E-state index contributed by atoms with van der Waals surface area (Å²) in [4.78, 5) is 25.4. The Morgan fingerprint density at radius 1 is 0.882 bits per heavy atom. The second kappa shape index (κ2) is 7.86. The van der Waals surface area contributed by atoms with E-state index < -0.39 is 40.3 Å². The number of carbonyl (C=O) groups excluding carboxylic acids is 1. The molecule has 1 atom stereocenters. The molecule has 0 saturated heterocycles. The Labute approximate surface area is 200 Å². The molecular weight excluding hydrogens is 487 g/mol. The van der Waals surface area contributed by atoms with Gasteiger partial charge in [-0.3, -0.25) is 9.59 Å². The van der Waals surface area contributed by atoms with Crippen molar-refractivity contribution in [2.24, 2.45) is 0 Å². The van der Waals surface area contributed by atoms with Crippen LogP contribution in [0.4, 0.5) is 0 Å². The van der Waals surface area contributed by atoms with E-state index in [2.05, 4.69) is 0 Å². The molecule has 0 fully saturated rings. The fourth-order valence-electron chi connectivity index (χ4n) is 4.09. The first-order valence-corrected chi connectivity index (χ1v) is 10.6. The highest BCUT2D eigenvalue weighted by atomic mass is 35.5. The van der Waals surface area contributed by atoms with E-state index in [0.29, 0.717) is 10.6 Å². The van der Waals surface area contributed by atoms with Gasteiger partial charge < -0.3 is 29.6 Å². The SMILES string of the molecule is O=C1C[C@@H](c2ccc(Cl)cc2Cl)c2c(cc(O)c3c(=O)c(O)c(-c4ccc(O)c(O)c4)oc23)O1. The standard InChI is InChI=1S/C24H14Cl2O8/c25-10-2-3-11(13(26)6-10)12-7-18(30)33-17-8-16(29)20-21(31)22(32)23(34-24(20)19(12)17)9-1-4-14(27)15(28)5-9/h1-6,8,12,27-29,32H,7H2/t12-/m0/s1. The van der Waals surface area contributed by atoms with Gasteiger partial charge in [-0.2, -0.15) is 0 Å². The Balaban J connectivity index is 1.87. The molecule has 1 aliphatic rings. The average Bonchev–Trinajstić information content (AvgIpc) is 2.77. The Morgan fingerprint density at radius 2 is 1.65 bits per heavy atom. The number of ether oxygens (including phenoxy) is 1. The van der Waals surface area contributed by atoms with Crippen molar-refractivity contribution < 1.29 is 34.4 Å². The summed E-state index contributed by atoms with van der Waals surface area (Å²) in [5.74, 6) is -3.97. The van der Waals surface area contributed by atoms with E-state index in [9.17, 15) is 30.0 Å². The lowest BCUT2D eigenvalue weighted by Gasteiger charge is -2.26. The van der Waals surface area contributed by atoms with Crippen molar-refractivity contribution in [1.29, 1.82) is 0 Å². The van der Waals surface area contributed by atoms with Crippen molar-refractivity contribution in [3.63, 3.8) is 0 Å². The van der Waals surface area contributed by atoms with Crippen LogP contribution in [0.25, 0.3) is 22.3 Å². The highest BCUT2D eigenvalue weighted by Crippen LogP contribution is 2.48. The van der Waals surface area contributed by atoms with Gasteiger partial charge in [-0.1, -0.05) is 29.3 Å². The second-order valence-corrected chi connectivity index (χ2v) is 8.56. The zero-order valence-electron chi connectivity index (χ0n) is 17.0. The van der Waals surface area contributed by atoms with Crippen LogP contribution in [0.3, 0.4) is 0 Å². The average molecular weight is 501 g/mol. The summed E-state index contributed by atoms with van der Waals surface area (Å²) in [5, 5.41) is 40.9. The normalized spacial score (nSPS) is 15.2. The topological polar surface area (TPSA) is 137 Å². The van der Waals surface area contributed by atoms with Crippen LogP contribution in [0.5, 0.6) is 28.7 Å². The van der Waals surface area contributed by atoms with Crippen LogP contribution in [0.1, 0.15) is 23.5 Å². The number of phenolic OH excluding ortho intramolecular Hbond substituents is 3. The lowest BCUT2D eigenvalue weighted by Crippen LogP contribution is -2.22. The Bertz CT molecular complexity index is 1570. The third-order valence-corrected chi connectivity index (χ3v) is 6.20. The largest absolute Gasteiger partial charge is 0.507 e. The maximum atomic E-state index is 13.1. The summed E-state index contributed by atoms with van der Waals surface area (Å²) >= 11 is 12.4. The first-order chi connectivity index (χ1) is 16.2. The molecule has 2 heterocycles. The van der Waals surface area contributed by atoms with Gasteiger partial charge in [0.2, 0.25) is 11.2 Å². The van der Waals surface area contributed by atoms with Crippen molar-refractivity contribution >= 4 is 40.1 Å². The summed E-state index contributed by atoms with van der Waals surface area (Å²) < 4.78 is 11.2. The minimum atomic E-state index is -0.943. The first-order valence-electron chi connectivity index (χ1n) is 9.89. The van der Waals surface area contributed by atoms with Crippen LogP contribution < -0.4 is 10.2 Å². The lowest BCUT2D eigenvalue weighted by molar-refractivity contribution is -0.135. The molecule has 0 saturated carbocycles. The van der Waals surface area contributed by atoms with Crippen LogP contribution in [0.2, 0.25) is 10.0 Å². The van der Waals surface area contributed by atoms with Gasteiger partial charge in [0.15, 0.2) is 17.3 Å². The molecule has 34 heavy (non-hydrogen) atoms. The number of halogens is 2. The molecule has 0 spiro atoms. The molecule has 1 aromatic heterocycles. The molecule has 172 valence electrons. The highest BCUT2D eigenvalue weighted by Gasteiger charge is 2.35. The summed E-state index contributed by atoms with van der Waals surface area (Å²) in [6, 6.07) is 9.42. The van der Waals surface area contributed by atoms with Gasteiger partial charge in [0.1, 0.15) is 22.5 Å². The Hall–Kier alpha value is -3.88. The quantitative estimate of drug-likeness (QED) is 0.171. The fraction of sp³-hybridized carbons (Fsp3) is 0.0833. The van der Waals surface area contributed by atoms with Crippen LogP contribution in [0.15, 0.2) is 51.7 Å². The van der Waals surface area contributed by atoms with Gasteiger partial charge in [0, 0.05) is 33.2 Å². The molecule has 8 nitrogen and oxygen atoms in total. The van der Waals surface area contributed by atoms with Gasteiger partial charge in [0.25, 0.3) is 0 Å². The van der Waals surface area contributed by atoms with Crippen molar-refractivity contribution in [3.05, 3.63) is 73.9 Å². The highest BCUT2D eigenvalue weighted by molar-refractivity contribution is 6.35. The van der Waals surface area contributed by atoms with Crippen molar-refractivity contribution in [2.75, 3.05) is 0 Å². The first kappa shape index (κ1) is 21.9. The summed E-state index contributed by atoms with van der Waals surface area (Å²) in [6.45, 7) is 0. The predicted molar refractivity (Wildman–Crippen MR) is 123 cm³/mol. The molecule has 0 amide bonds. The molecule has 1 aliphatic heterocycles. The van der Waals surface area contributed by atoms with E-state index in [1.807, 2.05) is 0 Å². The van der Waals surface area contributed by atoms with Crippen molar-refractivity contribution in [2.45, 2.75) is 12.3 Å². The van der Waals surface area contributed by atoms with Crippen LogP contribution in [-0.2, 0) is 4.79 Å². The predicted octanol–water partition coefficient (Wildman–Crippen LogP) is 5.03. The molecule has 10 heteroatoms. The smallest absolute Gasteiger partial charge is 0.312 e. The van der Waals surface area contributed by atoms with Gasteiger partial charge in [0.05, 0.1) is 6.42 Å². The number of hydrogen-bond donors (Lipinski definition) is 4. The number of fused-ring (bicyclic) bond motifs is 3. The number of carbonyl (C=O) groups is 1. The van der Waals surface area contributed by atoms with E-state index >= 15 is 0 Å². The number of hydrogen-bond acceptors (Lipinski definition) is 8. The molecule has 3 aromatic carbocycles. The molecule has 4 aromatic rings. The van der Waals surface area contributed by atoms with E-state index in [4.69, 9.17) is 32.4 Å². The van der Waals surface area contributed by atoms with Crippen LogP contribution >= 0.6 is 23.2 Å². The van der Waals surface area contributed by atoms with Gasteiger partial charge in [-0.15, -0.1) is 0 Å². The molecular formula is C24H14Cl2O8. The van der Waals surface area contributed by atoms with Gasteiger partial charge in [-0.05, 0) is 35.9 Å². The maximum absolute atomic E-state index is 13.1. The Morgan fingerprint density at radius 3 is 2.35 bits per heavy atom. The van der Waals surface area contributed by atoms with E-state index in [1.54, 1.807) is 12.1 Å². The molecule has 0 aliphatic carbocycles. The number of phenols is 3. The Kier molecular flexibility index (Phi) is 5.07. The third-order valence-electron chi connectivity index (χ3n) is 5.64. The number of aromatic hydroxyl groups is 4. The number of rotatable bonds is 2. The molecule has 0 unspecified atom stereocenters. The zero-order valence-corrected chi connectivity index (χ0v) is 18.5. The zero-order chi connectivity index (χ0) is 24.3. The van der Waals surface area contributed by atoms with Gasteiger partial charge >= 0.3 is 5.97 Å². The second-order valence-electron chi connectivity index (χ2n) is 7.72. The van der Waals surface area contributed by atoms with Gasteiger partial charge in [-0.25, -0.2) is 0 Å². The summed E-state index contributed by atoms with van der Waals surface area (Å²) in [7, 11) is 0. The van der Waals surface area contributed by atoms with E-state index in [0.717, 1.165) is 18.2 Å². The van der Waals surface area contributed by atoms with E-state index in [1.165, 1.54) is 12.1 Å². The minimum Gasteiger partial charge on any atom is -0.507 e. The van der Waals surface area contributed by atoms with Crippen LogP contribution in [0, 0.1) is 0 Å². The van der Waals surface area contributed by atoms with E-state index in [-0.39, 0.29) is 45.0 Å². The van der Waals surface area contributed by atoms with Crippen molar-refractivity contribution in [3.8, 4) is 40.1 Å². The monoisotopic (exact) mass is 500 g/mol. The van der Waals surface area contributed by atoms with Crippen molar-refractivity contribution in [1.82, 2.24) is 0 Å². The van der Waals surface area contributed by atoms with Crippen LogP contribution in [-0.4, -0.2) is 26.4 Å². The number of esters is 1. The maximum Gasteiger partial charge on any atom is 0.312 e. The minimum absolute atomic E-state index is 0.0365. The molecule has 0 radical (unpaired) electrons. The lowest BCUT2D eigenvalue weighted by atomic mass is 9.85. The summed E-state index contributed by atoms with van der Waals surface area (Å²) in [6.07, 6.45) is -0.145.